The molecule has 1 aromatic heterocycles. The van der Waals surface area contributed by atoms with Crippen molar-refractivity contribution in [2.75, 3.05) is 26.2 Å². The second-order valence-corrected chi connectivity index (χ2v) is 8.66. The minimum absolute atomic E-state index is 0.107. The topological polar surface area (TPSA) is 65.2 Å². The number of H-pyrrole nitrogens is 1. The van der Waals surface area contributed by atoms with Crippen LogP contribution < -0.4 is 5.32 Å². The van der Waals surface area contributed by atoms with Gasteiger partial charge in [0.05, 0.1) is 10.5 Å². The van der Waals surface area contributed by atoms with E-state index in [1.165, 1.54) is 30.5 Å². The molecular formula is C19H17F4N3O2S. The van der Waals surface area contributed by atoms with Gasteiger partial charge in [0.25, 0.3) is 0 Å². The number of fused-ring (bicyclic) bond motifs is 1. The van der Waals surface area contributed by atoms with E-state index in [0.717, 1.165) is 16.4 Å². The maximum atomic E-state index is 13.8. The smallest absolute Gasteiger partial charge is 0.360 e. The van der Waals surface area contributed by atoms with Gasteiger partial charge in [0.15, 0.2) is 0 Å². The van der Waals surface area contributed by atoms with E-state index in [-0.39, 0.29) is 18.7 Å². The van der Waals surface area contributed by atoms with Crippen LogP contribution in [0, 0.1) is 5.82 Å². The molecule has 154 valence electrons. The number of hydrogen-bond acceptors (Lipinski definition) is 3. The van der Waals surface area contributed by atoms with Gasteiger partial charge in [-0.05, 0) is 35.9 Å². The number of aromatic amines is 1. The number of nitrogens with one attached hydrogen (secondary N) is 2. The van der Waals surface area contributed by atoms with Gasteiger partial charge in [-0.25, -0.2) is 12.8 Å². The van der Waals surface area contributed by atoms with Gasteiger partial charge in [-0.15, -0.1) is 0 Å². The summed E-state index contributed by atoms with van der Waals surface area (Å²) >= 11 is 0. The molecule has 0 atom stereocenters. The number of alkyl halides is 3. The summed E-state index contributed by atoms with van der Waals surface area (Å²) in [5.74, 6) is -0.473. The number of rotatable bonds is 3. The quantitative estimate of drug-likeness (QED) is 0.628. The second-order valence-electron chi connectivity index (χ2n) is 6.76. The molecule has 0 aliphatic carbocycles. The zero-order valence-corrected chi connectivity index (χ0v) is 15.9. The molecule has 0 unspecified atom stereocenters. The lowest BCUT2D eigenvalue weighted by Crippen LogP contribution is -2.46. The molecule has 0 spiro atoms. The van der Waals surface area contributed by atoms with Crippen molar-refractivity contribution in [1.29, 1.82) is 0 Å². The third-order valence-corrected chi connectivity index (χ3v) is 6.89. The fourth-order valence-electron chi connectivity index (χ4n) is 3.51. The molecular weight excluding hydrogens is 410 g/mol. The Labute approximate surface area is 164 Å². The molecule has 1 saturated heterocycles. The number of sulfonamides is 1. The van der Waals surface area contributed by atoms with Crippen LogP contribution in [0.3, 0.4) is 0 Å². The van der Waals surface area contributed by atoms with E-state index >= 15 is 0 Å². The van der Waals surface area contributed by atoms with Gasteiger partial charge in [0.1, 0.15) is 5.82 Å². The van der Waals surface area contributed by atoms with Crippen molar-refractivity contribution in [2.45, 2.75) is 11.1 Å². The van der Waals surface area contributed by atoms with E-state index in [1.54, 1.807) is 0 Å². The summed E-state index contributed by atoms with van der Waals surface area (Å²) in [6, 6.07) is 7.10. The third-order valence-electron chi connectivity index (χ3n) is 4.93. The average Bonchev–Trinajstić information content (AvgIpc) is 3.10. The standard InChI is InChI=1S/C19H17F4N3O2S/c20-13-2-3-14-15(11-25-17(14)10-13)12-1-4-18(16(9-12)19(21,22)23)29(27,28)26-7-5-24-6-8-26/h1-4,9-11,24-25H,5-8H2. The lowest BCUT2D eigenvalue weighted by Gasteiger charge is -2.28. The summed E-state index contributed by atoms with van der Waals surface area (Å²) < 4.78 is 81.5. The highest BCUT2D eigenvalue weighted by Gasteiger charge is 2.39. The number of piperazine rings is 1. The van der Waals surface area contributed by atoms with Crippen molar-refractivity contribution < 1.29 is 26.0 Å². The van der Waals surface area contributed by atoms with E-state index in [9.17, 15) is 26.0 Å². The maximum Gasteiger partial charge on any atom is 0.417 e. The van der Waals surface area contributed by atoms with Gasteiger partial charge >= 0.3 is 6.18 Å². The van der Waals surface area contributed by atoms with Crippen LogP contribution in [0.5, 0.6) is 0 Å². The van der Waals surface area contributed by atoms with Crippen molar-refractivity contribution in [2.24, 2.45) is 0 Å². The molecule has 0 bridgehead atoms. The monoisotopic (exact) mass is 427 g/mol. The van der Waals surface area contributed by atoms with Gasteiger partial charge in [-0.1, -0.05) is 6.07 Å². The first-order valence-electron chi connectivity index (χ1n) is 8.87. The maximum absolute atomic E-state index is 13.8. The number of hydrogen-bond donors (Lipinski definition) is 2. The molecule has 3 aromatic rings. The number of halogens is 4. The van der Waals surface area contributed by atoms with E-state index in [2.05, 4.69) is 10.3 Å². The molecule has 1 aliphatic rings. The zero-order chi connectivity index (χ0) is 20.8. The average molecular weight is 427 g/mol. The van der Waals surface area contributed by atoms with Crippen molar-refractivity contribution >= 4 is 20.9 Å². The highest BCUT2D eigenvalue weighted by atomic mass is 32.2. The second kappa shape index (κ2) is 7.12. The molecule has 29 heavy (non-hydrogen) atoms. The molecule has 0 radical (unpaired) electrons. The van der Waals surface area contributed by atoms with E-state index in [4.69, 9.17) is 0 Å². The molecule has 1 fully saturated rings. The molecule has 2 N–H and O–H groups in total. The van der Waals surface area contributed by atoms with Gasteiger partial charge < -0.3 is 10.3 Å². The number of nitrogens with zero attached hydrogens (tertiary/aromatic N) is 1. The van der Waals surface area contributed by atoms with Gasteiger partial charge in [-0.3, -0.25) is 0 Å². The van der Waals surface area contributed by atoms with Crippen molar-refractivity contribution in [1.82, 2.24) is 14.6 Å². The summed E-state index contributed by atoms with van der Waals surface area (Å²) in [6.45, 7) is 0.972. The van der Waals surface area contributed by atoms with Crippen LogP contribution in [-0.4, -0.2) is 43.9 Å². The SMILES string of the molecule is O=S(=O)(c1ccc(-c2c[nH]c3cc(F)ccc23)cc1C(F)(F)F)N1CCNCC1. The minimum atomic E-state index is -4.86. The Morgan fingerprint density at radius 3 is 2.41 bits per heavy atom. The molecule has 2 heterocycles. The molecule has 5 nitrogen and oxygen atoms in total. The van der Waals surface area contributed by atoms with Crippen molar-refractivity contribution in [3.05, 3.63) is 54.0 Å². The molecule has 1 aliphatic heterocycles. The van der Waals surface area contributed by atoms with Crippen LogP contribution >= 0.6 is 0 Å². The fourth-order valence-corrected chi connectivity index (χ4v) is 5.14. The first-order valence-corrected chi connectivity index (χ1v) is 10.3. The van der Waals surface area contributed by atoms with Crippen LogP contribution in [0.15, 0.2) is 47.5 Å². The van der Waals surface area contributed by atoms with Crippen LogP contribution in [-0.2, 0) is 16.2 Å². The zero-order valence-electron chi connectivity index (χ0n) is 15.1. The molecule has 4 rings (SSSR count). The number of aromatic nitrogens is 1. The first kappa shape index (κ1) is 19.9. The Kier molecular flexibility index (Phi) is 4.88. The first-order chi connectivity index (χ1) is 13.7. The minimum Gasteiger partial charge on any atom is -0.360 e. The predicted molar refractivity (Wildman–Crippen MR) is 100 cm³/mol. The van der Waals surface area contributed by atoms with Crippen molar-refractivity contribution in [3.63, 3.8) is 0 Å². The molecule has 0 amide bonds. The highest BCUT2D eigenvalue weighted by molar-refractivity contribution is 7.89. The largest absolute Gasteiger partial charge is 0.417 e. The normalized spacial score (nSPS) is 16.4. The Balaban J connectivity index is 1.85. The lowest BCUT2D eigenvalue weighted by atomic mass is 10.0. The van der Waals surface area contributed by atoms with Crippen LogP contribution in [0.2, 0.25) is 0 Å². The summed E-state index contributed by atoms with van der Waals surface area (Å²) in [4.78, 5) is 2.07. The van der Waals surface area contributed by atoms with Crippen LogP contribution in [0.4, 0.5) is 17.6 Å². The van der Waals surface area contributed by atoms with Gasteiger partial charge in [0.2, 0.25) is 10.0 Å². The van der Waals surface area contributed by atoms with Crippen LogP contribution in [0.25, 0.3) is 22.0 Å². The van der Waals surface area contributed by atoms with E-state index < -0.39 is 32.5 Å². The predicted octanol–water partition coefficient (Wildman–Crippen LogP) is 3.59. The molecule has 2 aromatic carbocycles. The summed E-state index contributed by atoms with van der Waals surface area (Å²) in [5, 5.41) is 3.51. The fraction of sp³-hybridized carbons (Fsp3) is 0.263. The Morgan fingerprint density at radius 2 is 1.72 bits per heavy atom. The van der Waals surface area contributed by atoms with Gasteiger partial charge in [-0.2, -0.15) is 17.5 Å². The van der Waals surface area contributed by atoms with Gasteiger partial charge in [0, 0.05) is 48.8 Å². The summed E-state index contributed by atoms with van der Waals surface area (Å²) in [6.07, 6.45) is -3.38. The van der Waals surface area contributed by atoms with E-state index in [0.29, 0.717) is 29.6 Å². The Hall–Kier alpha value is -2.43. The van der Waals surface area contributed by atoms with E-state index in [1.807, 2.05) is 0 Å². The Bertz CT molecular complexity index is 1170. The third kappa shape index (κ3) is 3.63. The van der Waals surface area contributed by atoms with Crippen LogP contribution in [0.1, 0.15) is 5.56 Å². The highest BCUT2D eigenvalue weighted by Crippen LogP contribution is 2.39. The lowest BCUT2D eigenvalue weighted by molar-refractivity contribution is -0.139. The Morgan fingerprint density at radius 1 is 1.00 bits per heavy atom. The summed E-state index contributed by atoms with van der Waals surface area (Å²) in [7, 11) is -4.29. The summed E-state index contributed by atoms with van der Waals surface area (Å²) in [5.41, 5.74) is -0.165. The molecule has 10 heteroatoms. The molecule has 0 saturated carbocycles. The van der Waals surface area contributed by atoms with Crippen molar-refractivity contribution in [3.8, 4) is 11.1 Å². The number of benzene rings is 2.